The van der Waals surface area contributed by atoms with Crippen molar-refractivity contribution < 1.29 is 4.79 Å². The van der Waals surface area contributed by atoms with Crippen LogP contribution in [0.5, 0.6) is 0 Å². The molecule has 0 unspecified atom stereocenters. The maximum atomic E-state index is 13.3. The van der Waals surface area contributed by atoms with Crippen LogP contribution < -0.4 is 0 Å². The maximum Gasteiger partial charge on any atom is 0.240 e. The monoisotopic (exact) mass is 392 g/mol. The van der Waals surface area contributed by atoms with Gasteiger partial charge in [0.1, 0.15) is 11.1 Å². The molecule has 0 N–H and O–H groups in total. The first-order valence-electron chi connectivity index (χ1n) is 9.63. The maximum absolute atomic E-state index is 13.3. The van der Waals surface area contributed by atoms with Crippen molar-refractivity contribution in [3.8, 4) is 5.69 Å². The van der Waals surface area contributed by atoms with Crippen LogP contribution in [0.25, 0.3) is 5.69 Å². The van der Waals surface area contributed by atoms with Gasteiger partial charge in [-0.05, 0) is 44.4 Å². The summed E-state index contributed by atoms with van der Waals surface area (Å²) in [7, 11) is 0. The average Bonchev–Trinajstić information content (AvgIpc) is 3.37. The van der Waals surface area contributed by atoms with Gasteiger partial charge < -0.3 is 4.90 Å². The van der Waals surface area contributed by atoms with E-state index in [-0.39, 0.29) is 11.2 Å². The van der Waals surface area contributed by atoms with Gasteiger partial charge in [-0.3, -0.25) is 9.36 Å². The van der Waals surface area contributed by atoms with Gasteiger partial charge in [-0.1, -0.05) is 59.8 Å². The molecule has 28 heavy (non-hydrogen) atoms. The fraction of sp³-hybridized carbons (Fsp3) is 0.318. The van der Waals surface area contributed by atoms with Gasteiger partial charge in [-0.15, -0.1) is 10.2 Å². The minimum absolute atomic E-state index is 0.157. The number of thioether (sulfide) groups is 1. The lowest BCUT2D eigenvalue weighted by molar-refractivity contribution is -0.129. The van der Waals surface area contributed by atoms with E-state index in [1.54, 1.807) is 0 Å². The van der Waals surface area contributed by atoms with Crippen molar-refractivity contribution in [3.05, 3.63) is 71.5 Å². The summed E-state index contributed by atoms with van der Waals surface area (Å²) in [4.78, 5) is 15.3. The Morgan fingerprint density at radius 1 is 0.964 bits per heavy atom. The highest BCUT2D eigenvalue weighted by Gasteiger charge is 2.30. The molecule has 1 aliphatic heterocycles. The molecule has 1 saturated heterocycles. The summed E-state index contributed by atoms with van der Waals surface area (Å²) in [6.45, 7) is 5.69. The second-order valence-electron chi connectivity index (χ2n) is 7.14. The Morgan fingerprint density at radius 2 is 1.64 bits per heavy atom. The second kappa shape index (κ2) is 8.19. The molecule has 0 radical (unpaired) electrons. The van der Waals surface area contributed by atoms with E-state index >= 15 is 0 Å². The largest absolute Gasteiger partial charge is 0.341 e. The SMILES string of the molecule is Cc1ccc(-n2c(C)nnc2S[C@H](C(=O)N2CCCC2)c2ccccc2)cc1. The highest BCUT2D eigenvalue weighted by Crippen LogP contribution is 2.37. The van der Waals surface area contributed by atoms with Crippen molar-refractivity contribution in [2.45, 2.75) is 37.1 Å². The molecular weight excluding hydrogens is 368 g/mol. The lowest BCUT2D eigenvalue weighted by Crippen LogP contribution is -2.31. The predicted molar refractivity (Wildman–Crippen MR) is 112 cm³/mol. The number of likely N-dealkylation sites (tertiary alicyclic amines) is 1. The molecule has 5 nitrogen and oxygen atoms in total. The van der Waals surface area contributed by atoms with Crippen molar-refractivity contribution in [2.75, 3.05) is 13.1 Å². The molecular formula is C22H24N4OS. The van der Waals surface area contributed by atoms with E-state index in [0.29, 0.717) is 0 Å². The standard InChI is InChI=1S/C22H24N4OS/c1-16-10-12-19(13-11-16)26-17(2)23-24-22(26)28-20(18-8-4-3-5-9-18)21(27)25-14-6-7-15-25/h3-5,8-13,20H,6-7,14-15H2,1-2H3/t20-/m0/s1. The van der Waals surface area contributed by atoms with Gasteiger partial charge in [0.2, 0.25) is 5.91 Å². The zero-order valence-corrected chi connectivity index (χ0v) is 17.0. The molecule has 1 aliphatic rings. The summed E-state index contributed by atoms with van der Waals surface area (Å²) in [6, 6.07) is 18.3. The van der Waals surface area contributed by atoms with E-state index in [4.69, 9.17) is 0 Å². The van der Waals surface area contributed by atoms with Crippen LogP contribution in [-0.2, 0) is 4.79 Å². The number of nitrogens with zero attached hydrogens (tertiary/aromatic N) is 4. The molecule has 1 atom stereocenters. The smallest absolute Gasteiger partial charge is 0.240 e. The van der Waals surface area contributed by atoms with E-state index in [0.717, 1.165) is 48.2 Å². The summed E-state index contributed by atoms with van der Waals surface area (Å²) < 4.78 is 2.03. The molecule has 1 amide bonds. The number of rotatable bonds is 5. The van der Waals surface area contributed by atoms with Crippen LogP contribution in [0, 0.1) is 13.8 Å². The van der Waals surface area contributed by atoms with Gasteiger partial charge >= 0.3 is 0 Å². The number of carbonyl (C=O) groups excluding carboxylic acids is 1. The molecule has 0 spiro atoms. The molecule has 3 aromatic rings. The van der Waals surface area contributed by atoms with Gasteiger partial charge in [-0.25, -0.2) is 0 Å². The number of hydrogen-bond donors (Lipinski definition) is 0. The lowest BCUT2D eigenvalue weighted by Gasteiger charge is -2.23. The van der Waals surface area contributed by atoms with Gasteiger partial charge in [0.25, 0.3) is 0 Å². The van der Waals surface area contributed by atoms with E-state index in [9.17, 15) is 4.79 Å². The molecule has 4 rings (SSSR count). The molecule has 0 aliphatic carbocycles. The van der Waals surface area contributed by atoms with Crippen molar-refractivity contribution in [2.24, 2.45) is 0 Å². The van der Waals surface area contributed by atoms with Crippen molar-refractivity contribution in [3.63, 3.8) is 0 Å². The number of aromatic nitrogens is 3. The predicted octanol–water partition coefficient (Wildman–Crippen LogP) is 4.34. The zero-order valence-electron chi connectivity index (χ0n) is 16.2. The third-order valence-electron chi connectivity index (χ3n) is 5.05. The first-order chi connectivity index (χ1) is 13.6. The van der Waals surface area contributed by atoms with Gasteiger partial charge in [0, 0.05) is 18.8 Å². The summed E-state index contributed by atoms with van der Waals surface area (Å²) in [5.74, 6) is 0.969. The number of benzene rings is 2. The fourth-order valence-electron chi connectivity index (χ4n) is 3.51. The van der Waals surface area contributed by atoms with Crippen molar-refractivity contribution in [1.29, 1.82) is 0 Å². The Bertz CT molecular complexity index is 946. The third-order valence-corrected chi connectivity index (χ3v) is 6.24. The van der Waals surface area contributed by atoms with Crippen LogP contribution in [0.1, 0.15) is 35.0 Å². The average molecular weight is 393 g/mol. The quantitative estimate of drug-likeness (QED) is 0.606. The topological polar surface area (TPSA) is 51.0 Å². The Morgan fingerprint density at radius 3 is 2.32 bits per heavy atom. The summed E-state index contributed by atoms with van der Waals surface area (Å²) in [6.07, 6.45) is 2.16. The van der Waals surface area contributed by atoms with Crippen molar-refractivity contribution >= 4 is 17.7 Å². The summed E-state index contributed by atoms with van der Waals surface area (Å²) in [5, 5.41) is 9.09. The minimum atomic E-state index is -0.327. The Balaban J connectivity index is 1.69. The first kappa shape index (κ1) is 18.7. The van der Waals surface area contributed by atoms with Crippen LogP contribution in [0.15, 0.2) is 59.8 Å². The molecule has 0 saturated carbocycles. The number of carbonyl (C=O) groups is 1. The number of amides is 1. The van der Waals surface area contributed by atoms with Crippen LogP contribution >= 0.6 is 11.8 Å². The zero-order chi connectivity index (χ0) is 19.5. The van der Waals surface area contributed by atoms with E-state index < -0.39 is 0 Å². The van der Waals surface area contributed by atoms with E-state index in [1.807, 2.05) is 46.7 Å². The Labute approximate surface area is 169 Å². The van der Waals surface area contributed by atoms with Gasteiger partial charge in [0.05, 0.1) is 0 Å². The minimum Gasteiger partial charge on any atom is -0.341 e. The molecule has 1 fully saturated rings. The van der Waals surface area contributed by atoms with Crippen LogP contribution in [0.4, 0.5) is 0 Å². The normalized spacial score (nSPS) is 15.0. The second-order valence-corrected chi connectivity index (χ2v) is 8.21. The van der Waals surface area contributed by atoms with Gasteiger partial charge in [-0.2, -0.15) is 0 Å². The Kier molecular flexibility index (Phi) is 5.48. The summed E-state index contributed by atoms with van der Waals surface area (Å²) >= 11 is 1.48. The summed E-state index contributed by atoms with van der Waals surface area (Å²) in [5.41, 5.74) is 3.21. The third kappa shape index (κ3) is 3.83. The Hall–Kier alpha value is -2.60. The first-order valence-corrected chi connectivity index (χ1v) is 10.5. The molecule has 6 heteroatoms. The van der Waals surface area contributed by atoms with Gasteiger partial charge in [0.15, 0.2) is 5.16 Å². The van der Waals surface area contributed by atoms with E-state index in [1.165, 1.54) is 17.3 Å². The molecule has 2 heterocycles. The van der Waals surface area contributed by atoms with Crippen molar-refractivity contribution in [1.82, 2.24) is 19.7 Å². The highest BCUT2D eigenvalue weighted by molar-refractivity contribution is 8.00. The lowest BCUT2D eigenvalue weighted by atomic mass is 10.1. The fourth-order valence-corrected chi connectivity index (χ4v) is 4.69. The highest BCUT2D eigenvalue weighted by atomic mass is 32.2. The van der Waals surface area contributed by atoms with Crippen LogP contribution in [0.3, 0.4) is 0 Å². The molecule has 1 aromatic heterocycles. The number of aryl methyl sites for hydroxylation is 2. The molecule has 2 aromatic carbocycles. The molecule has 0 bridgehead atoms. The van der Waals surface area contributed by atoms with Crippen LogP contribution in [0.2, 0.25) is 0 Å². The van der Waals surface area contributed by atoms with E-state index in [2.05, 4.69) is 41.4 Å². The van der Waals surface area contributed by atoms with Crippen LogP contribution in [-0.4, -0.2) is 38.7 Å². The number of hydrogen-bond acceptors (Lipinski definition) is 4. The molecule has 144 valence electrons.